The van der Waals surface area contributed by atoms with E-state index in [-0.39, 0.29) is 0 Å². The highest BCUT2D eigenvalue weighted by molar-refractivity contribution is 5.99. The Hall–Kier alpha value is -3.52. The van der Waals surface area contributed by atoms with E-state index in [0.717, 1.165) is 43.0 Å². The van der Waals surface area contributed by atoms with Crippen LogP contribution in [0.15, 0.2) is 36.4 Å². The van der Waals surface area contributed by atoms with Crippen molar-refractivity contribution in [1.29, 1.82) is 0 Å². The molecule has 0 amide bonds. The molecule has 0 spiro atoms. The lowest BCUT2D eigenvalue weighted by atomic mass is 9.85. The number of hydrogen-bond acceptors (Lipinski definition) is 6. The van der Waals surface area contributed by atoms with Gasteiger partial charge in [0.2, 0.25) is 0 Å². The third-order valence-electron chi connectivity index (χ3n) is 7.17. The summed E-state index contributed by atoms with van der Waals surface area (Å²) in [4.78, 5) is 19.6. The molecule has 2 N–H and O–H groups in total. The van der Waals surface area contributed by atoms with Gasteiger partial charge in [-0.05, 0) is 37.1 Å². The van der Waals surface area contributed by atoms with Gasteiger partial charge in [-0.25, -0.2) is 9.78 Å². The Kier molecular flexibility index (Phi) is 4.42. The van der Waals surface area contributed by atoms with E-state index < -0.39 is 5.97 Å². The lowest BCUT2D eigenvalue weighted by Gasteiger charge is -2.45. The van der Waals surface area contributed by atoms with Crippen LogP contribution in [0.1, 0.15) is 23.2 Å². The van der Waals surface area contributed by atoms with Crippen LogP contribution in [-0.4, -0.2) is 52.9 Å². The SMILES string of the molecule is COC(=O)c1cc(OC)c2c(c1)nc(-c1cc3cccc4c3n1CCN4C1CC(N)C1)n2C. The van der Waals surface area contributed by atoms with Crippen LogP contribution >= 0.6 is 0 Å². The second kappa shape index (κ2) is 7.25. The minimum absolute atomic E-state index is 0.323. The van der Waals surface area contributed by atoms with Gasteiger partial charge in [0.05, 0.1) is 42.2 Å². The summed E-state index contributed by atoms with van der Waals surface area (Å²) in [5.74, 6) is 1.02. The number of methoxy groups -OCH3 is 2. The van der Waals surface area contributed by atoms with E-state index in [1.54, 1.807) is 19.2 Å². The molecule has 0 atom stereocenters. The molecular weight excluding hydrogens is 418 g/mol. The Balaban J connectivity index is 1.53. The van der Waals surface area contributed by atoms with Gasteiger partial charge in [0.25, 0.3) is 0 Å². The Morgan fingerprint density at radius 1 is 1.12 bits per heavy atom. The quantitative estimate of drug-likeness (QED) is 0.485. The summed E-state index contributed by atoms with van der Waals surface area (Å²) in [6, 6.07) is 13.0. The molecule has 2 aromatic heterocycles. The van der Waals surface area contributed by atoms with Crippen molar-refractivity contribution in [1.82, 2.24) is 14.1 Å². The minimum atomic E-state index is -0.411. The predicted molar refractivity (Wildman–Crippen MR) is 128 cm³/mol. The zero-order chi connectivity index (χ0) is 22.9. The standard InChI is InChI=1S/C25H27N5O3/c1-28-23-18(9-15(25(31)33-3)11-21(23)32-2)27-24(28)20-10-14-5-4-6-19-22(14)30(20)8-7-29(19)17-12-16(26)13-17/h4-6,9-11,16-17H,7-8,12-13,26H2,1-3H3. The first-order chi connectivity index (χ1) is 16.0. The number of carbonyl (C=O) groups is 1. The monoisotopic (exact) mass is 445 g/mol. The average molecular weight is 446 g/mol. The number of imidazole rings is 1. The molecule has 170 valence electrons. The Morgan fingerprint density at radius 3 is 2.67 bits per heavy atom. The highest BCUT2D eigenvalue weighted by Crippen LogP contribution is 2.41. The summed E-state index contributed by atoms with van der Waals surface area (Å²) in [5.41, 5.74) is 11.6. The number of aromatic nitrogens is 3. The van der Waals surface area contributed by atoms with E-state index in [0.29, 0.717) is 28.9 Å². The maximum atomic E-state index is 12.2. The summed E-state index contributed by atoms with van der Waals surface area (Å²) in [7, 11) is 4.96. The first-order valence-electron chi connectivity index (χ1n) is 11.3. The van der Waals surface area contributed by atoms with Gasteiger partial charge in [-0.2, -0.15) is 0 Å². The molecule has 1 aliphatic carbocycles. The number of nitrogens with zero attached hydrogens (tertiary/aromatic N) is 4. The van der Waals surface area contributed by atoms with Crippen LogP contribution in [0.2, 0.25) is 0 Å². The normalized spacial score (nSPS) is 19.7. The molecule has 2 aliphatic rings. The number of esters is 1. The van der Waals surface area contributed by atoms with Crippen molar-refractivity contribution in [2.75, 3.05) is 25.7 Å². The average Bonchev–Trinajstić information content (AvgIpc) is 3.35. The molecule has 33 heavy (non-hydrogen) atoms. The van der Waals surface area contributed by atoms with Gasteiger partial charge in [-0.1, -0.05) is 12.1 Å². The van der Waals surface area contributed by atoms with E-state index in [4.69, 9.17) is 20.2 Å². The zero-order valence-corrected chi connectivity index (χ0v) is 19.0. The Labute approximate surface area is 191 Å². The van der Waals surface area contributed by atoms with Crippen LogP contribution < -0.4 is 15.4 Å². The van der Waals surface area contributed by atoms with Crippen LogP contribution in [0.4, 0.5) is 5.69 Å². The summed E-state index contributed by atoms with van der Waals surface area (Å²) >= 11 is 0. The van der Waals surface area contributed by atoms with Crippen molar-refractivity contribution in [2.24, 2.45) is 12.8 Å². The van der Waals surface area contributed by atoms with Crippen LogP contribution in [0.5, 0.6) is 5.75 Å². The molecule has 6 rings (SSSR count). The second-order valence-electron chi connectivity index (χ2n) is 9.01. The molecule has 0 radical (unpaired) electrons. The van der Waals surface area contributed by atoms with E-state index in [9.17, 15) is 4.79 Å². The summed E-state index contributed by atoms with van der Waals surface area (Å²) in [6.45, 7) is 1.83. The molecule has 0 saturated heterocycles. The van der Waals surface area contributed by atoms with Crippen molar-refractivity contribution in [3.8, 4) is 17.3 Å². The van der Waals surface area contributed by atoms with Gasteiger partial charge in [0, 0.05) is 37.6 Å². The maximum absolute atomic E-state index is 12.2. The van der Waals surface area contributed by atoms with E-state index in [1.165, 1.54) is 23.7 Å². The number of nitrogens with two attached hydrogens (primary N) is 1. The largest absolute Gasteiger partial charge is 0.494 e. The van der Waals surface area contributed by atoms with Gasteiger partial charge < -0.3 is 29.2 Å². The number of benzene rings is 2. The fourth-order valence-corrected chi connectivity index (χ4v) is 5.48. The second-order valence-corrected chi connectivity index (χ2v) is 9.01. The molecule has 1 fully saturated rings. The fraction of sp³-hybridized carbons (Fsp3) is 0.360. The number of fused-ring (bicyclic) bond motifs is 1. The highest BCUT2D eigenvalue weighted by Gasteiger charge is 2.35. The van der Waals surface area contributed by atoms with Gasteiger partial charge in [0.1, 0.15) is 11.3 Å². The minimum Gasteiger partial charge on any atom is -0.494 e. The van der Waals surface area contributed by atoms with Crippen molar-refractivity contribution in [3.05, 3.63) is 42.0 Å². The van der Waals surface area contributed by atoms with E-state index in [1.807, 2.05) is 11.6 Å². The van der Waals surface area contributed by atoms with Crippen LogP contribution in [-0.2, 0) is 18.3 Å². The summed E-state index contributed by atoms with van der Waals surface area (Å²) in [6.07, 6.45) is 2.11. The molecule has 0 bridgehead atoms. The number of hydrogen-bond donors (Lipinski definition) is 1. The van der Waals surface area contributed by atoms with Crippen molar-refractivity contribution >= 4 is 33.6 Å². The molecule has 2 aromatic carbocycles. The highest BCUT2D eigenvalue weighted by atomic mass is 16.5. The van der Waals surface area contributed by atoms with Crippen LogP contribution in [0, 0.1) is 0 Å². The third kappa shape index (κ3) is 2.87. The molecule has 8 heteroatoms. The predicted octanol–water partition coefficient (Wildman–Crippen LogP) is 3.30. The number of anilines is 1. The van der Waals surface area contributed by atoms with Crippen molar-refractivity contribution in [3.63, 3.8) is 0 Å². The van der Waals surface area contributed by atoms with E-state index >= 15 is 0 Å². The molecule has 1 aliphatic heterocycles. The smallest absolute Gasteiger partial charge is 0.338 e. The van der Waals surface area contributed by atoms with Gasteiger partial charge in [-0.3, -0.25) is 0 Å². The van der Waals surface area contributed by atoms with Gasteiger partial charge >= 0.3 is 5.97 Å². The van der Waals surface area contributed by atoms with Crippen molar-refractivity contribution < 1.29 is 14.3 Å². The molecule has 8 nitrogen and oxygen atoms in total. The summed E-state index contributed by atoms with van der Waals surface area (Å²) in [5, 5.41) is 1.20. The molecule has 0 unspecified atom stereocenters. The Morgan fingerprint density at radius 2 is 1.94 bits per heavy atom. The number of rotatable bonds is 4. The molecule has 4 aromatic rings. The number of para-hydroxylation sites is 1. The van der Waals surface area contributed by atoms with Crippen LogP contribution in [0.25, 0.3) is 33.5 Å². The molecular formula is C25H27N5O3. The van der Waals surface area contributed by atoms with Crippen molar-refractivity contribution in [2.45, 2.75) is 31.5 Å². The zero-order valence-electron chi connectivity index (χ0n) is 19.0. The van der Waals surface area contributed by atoms with E-state index in [2.05, 4.69) is 33.7 Å². The number of ether oxygens (including phenoxy) is 2. The molecule has 3 heterocycles. The maximum Gasteiger partial charge on any atom is 0.338 e. The van der Waals surface area contributed by atoms with Gasteiger partial charge in [-0.15, -0.1) is 0 Å². The number of carbonyl (C=O) groups excluding carboxylic acids is 1. The lowest BCUT2D eigenvalue weighted by Crippen LogP contribution is -2.52. The summed E-state index contributed by atoms with van der Waals surface area (Å²) < 4.78 is 14.9. The number of aryl methyl sites for hydroxylation is 1. The third-order valence-corrected chi connectivity index (χ3v) is 7.17. The first-order valence-corrected chi connectivity index (χ1v) is 11.3. The van der Waals surface area contributed by atoms with Gasteiger partial charge in [0.15, 0.2) is 5.82 Å². The van der Waals surface area contributed by atoms with Crippen LogP contribution in [0.3, 0.4) is 0 Å². The fourth-order valence-electron chi connectivity index (χ4n) is 5.48. The topological polar surface area (TPSA) is 87.5 Å². The Bertz CT molecular complexity index is 1410. The first kappa shape index (κ1) is 20.1. The molecule has 1 saturated carbocycles. The lowest BCUT2D eigenvalue weighted by molar-refractivity contribution is 0.0600.